The highest BCUT2D eigenvalue weighted by Crippen LogP contribution is 2.35. The van der Waals surface area contributed by atoms with Gasteiger partial charge in [-0.2, -0.15) is 0 Å². The third-order valence-corrected chi connectivity index (χ3v) is 7.13. The Balaban J connectivity index is 0.000000273. The molecule has 0 N–H and O–H groups in total. The van der Waals surface area contributed by atoms with Gasteiger partial charge < -0.3 is 0 Å². The van der Waals surface area contributed by atoms with Gasteiger partial charge >= 0.3 is 0 Å². The van der Waals surface area contributed by atoms with Gasteiger partial charge in [0.1, 0.15) is 0 Å². The lowest BCUT2D eigenvalue weighted by Gasteiger charge is -2.16. The summed E-state index contributed by atoms with van der Waals surface area (Å²) < 4.78 is 0. The first-order valence-electron chi connectivity index (χ1n) is 15.8. The largest absolute Gasteiger partial charge is 0.0683 e. The summed E-state index contributed by atoms with van der Waals surface area (Å²) in [4.78, 5) is 0. The SMILES string of the molecule is CC.CCCC.CCCc1c(-c2ccc(C)cc2)cccc1-c1ccccc1C.Cc1ccc(-c2ccccc2)cc1. The molecule has 0 unspecified atom stereocenters. The van der Waals surface area contributed by atoms with Crippen molar-refractivity contribution in [2.45, 2.75) is 81.1 Å². The Morgan fingerprint density at radius 2 is 0.833 bits per heavy atom. The molecule has 0 radical (unpaired) electrons. The molecule has 0 aromatic heterocycles. The van der Waals surface area contributed by atoms with E-state index in [1.807, 2.05) is 19.9 Å². The number of rotatable bonds is 6. The minimum absolute atomic E-state index is 1.10. The van der Waals surface area contributed by atoms with Crippen LogP contribution in [0.3, 0.4) is 0 Å². The van der Waals surface area contributed by atoms with Gasteiger partial charge in [0, 0.05) is 0 Å². The normalized spacial score (nSPS) is 9.81. The third kappa shape index (κ3) is 10.5. The number of hydrogen-bond acceptors (Lipinski definition) is 0. The van der Waals surface area contributed by atoms with E-state index in [1.54, 1.807) is 0 Å². The zero-order valence-electron chi connectivity index (χ0n) is 27.4. The van der Waals surface area contributed by atoms with Crippen LogP contribution in [0.25, 0.3) is 33.4 Å². The van der Waals surface area contributed by atoms with E-state index >= 15 is 0 Å². The number of unbranched alkanes of at least 4 members (excludes halogenated alkanes) is 1. The molecule has 0 amide bonds. The fourth-order valence-corrected chi connectivity index (χ4v) is 4.61. The lowest BCUT2D eigenvalue weighted by molar-refractivity contribution is 0.886. The molecule has 42 heavy (non-hydrogen) atoms. The Kier molecular flexibility index (Phi) is 15.7. The van der Waals surface area contributed by atoms with Crippen LogP contribution in [0.2, 0.25) is 0 Å². The van der Waals surface area contributed by atoms with E-state index < -0.39 is 0 Å². The molecule has 0 aliphatic heterocycles. The van der Waals surface area contributed by atoms with Gasteiger partial charge in [0.2, 0.25) is 0 Å². The van der Waals surface area contributed by atoms with Crippen LogP contribution in [0, 0.1) is 20.8 Å². The van der Waals surface area contributed by atoms with E-state index in [4.69, 9.17) is 0 Å². The molecule has 0 nitrogen and oxygen atoms in total. The Bertz CT molecular complexity index is 1410. The summed E-state index contributed by atoms with van der Waals surface area (Å²) in [5.41, 5.74) is 13.4. The molecule has 0 atom stereocenters. The van der Waals surface area contributed by atoms with Crippen molar-refractivity contribution in [3.05, 3.63) is 144 Å². The van der Waals surface area contributed by atoms with Crippen molar-refractivity contribution in [3.8, 4) is 33.4 Å². The second kappa shape index (κ2) is 19.3. The second-order valence-corrected chi connectivity index (χ2v) is 10.5. The van der Waals surface area contributed by atoms with Gasteiger partial charge in [-0.15, -0.1) is 0 Å². The predicted octanol–water partition coefficient (Wildman–Crippen LogP) is 13.1. The van der Waals surface area contributed by atoms with Crippen LogP contribution < -0.4 is 0 Å². The molecule has 0 aliphatic rings. The maximum Gasteiger partial charge on any atom is -0.0143 e. The van der Waals surface area contributed by atoms with Crippen molar-refractivity contribution in [2.24, 2.45) is 0 Å². The molecule has 220 valence electrons. The molecular formula is C42H52. The summed E-state index contributed by atoms with van der Waals surface area (Å²) >= 11 is 0. The Labute approximate surface area is 257 Å². The lowest BCUT2D eigenvalue weighted by atomic mass is 9.88. The van der Waals surface area contributed by atoms with Gasteiger partial charge in [-0.3, -0.25) is 0 Å². The molecule has 5 aromatic carbocycles. The zero-order valence-corrected chi connectivity index (χ0v) is 27.4. The highest BCUT2D eigenvalue weighted by atomic mass is 14.2. The fourth-order valence-electron chi connectivity index (χ4n) is 4.61. The maximum absolute atomic E-state index is 2.27. The van der Waals surface area contributed by atoms with Crippen LogP contribution in [0.5, 0.6) is 0 Å². The lowest BCUT2D eigenvalue weighted by Crippen LogP contribution is -1.95. The minimum Gasteiger partial charge on any atom is -0.0683 e. The van der Waals surface area contributed by atoms with Gasteiger partial charge in [-0.25, -0.2) is 0 Å². The van der Waals surface area contributed by atoms with Crippen LogP contribution in [0.1, 0.15) is 76.1 Å². The van der Waals surface area contributed by atoms with Crippen molar-refractivity contribution < 1.29 is 0 Å². The minimum atomic E-state index is 1.10. The van der Waals surface area contributed by atoms with Gasteiger partial charge in [0.15, 0.2) is 0 Å². The molecule has 0 bridgehead atoms. The van der Waals surface area contributed by atoms with Gasteiger partial charge in [-0.1, -0.05) is 186 Å². The van der Waals surface area contributed by atoms with Crippen LogP contribution >= 0.6 is 0 Å². The van der Waals surface area contributed by atoms with Crippen LogP contribution in [0.4, 0.5) is 0 Å². The van der Waals surface area contributed by atoms with Crippen molar-refractivity contribution in [1.82, 2.24) is 0 Å². The first kappa shape index (κ1) is 34.3. The predicted molar refractivity (Wildman–Crippen MR) is 189 cm³/mol. The first-order valence-corrected chi connectivity index (χ1v) is 15.8. The molecule has 0 fully saturated rings. The molecule has 0 heteroatoms. The summed E-state index contributed by atoms with van der Waals surface area (Å²) in [7, 11) is 0. The highest BCUT2D eigenvalue weighted by Gasteiger charge is 2.12. The van der Waals surface area contributed by atoms with Crippen molar-refractivity contribution in [2.75, 3.05) is 0 Å². The summed E-state index contributed by atoms with van der Waals surface area (Å²) in [6.45, 7) is 17.1. The highest BCUT2D eigenvalue weighted by molar-refractivity contribution is 5.80. The number of benzene rings is 5. The van der Waals surface area contributed by atoms with Gasteiger partial charge in [0.05, 0.1) is 0 Å². The third-order valence-electron chi connectivity index (χ3n) is 7.13. The Morgan fingerprint density at radius 3 is 1.36 bits per heavy atom. The van der Waals surface area contributed by atoms with Crippen LogP contribution in [-0.4, -0.2) is 0 Å². The van der Waals surface area contributed by atoms with Crippen molar-refractivity contribution >= 4 is 0 Å². The molecule has 5 rings (SSSR count). The molecule has 0 saturated heterocycles. The van der Waals surface area contributed by atoms with Crippen molar-refractivity contribution in [3.63, 3.8) is 0 Å². The Morgan fingerprint density at radius 1 is 0.381 bits per heavy atom. The molecule has 0 saturated carbocycles. The van der Waals surface area contributed by atoms with E-state index in [1.165, 1.54) is 68.5 Å². The number of aryl methyl sites for hydroxylation is 3. The Hall–Kier alpha value is -3.90. The van der Waals surface area contributed by atoms with Crippen molar-refractivity contribution in [1.29, 1.82) is 0 Å². The first-order chi connectivity index (χ1) is 20.5. The molecule has 0 aliphatic carbocycles. The molecule has 5 aromatic rings. The van der Waals surface area contributed by atoms with E-state index in [2.05, 4.69) is 157 Å². The number of hydrogen-bond donors (Lipinski definition) is 0. The zero-order chi connectivity index (χ0) is 30.7. The fraction of sp³-hybridized carbons (Fsp3) is 0.286. The summed E-state index contributed by atoms with van der Waals surface area (Å²) in [5.74, 6) is 0. The maximum atomic E-state index is 2.27. The van der Waals surface area contributed by atoms with E-state index in [0.29, 0.717) is 0 Å². The van der Waals surface area contributed by atoms with Gasteiger partial charge in [-0.05, 0) is 71.7 Å². The molecule has 0 heterocycles. The van der Waals surface area contributed by atoms with E-state index in [-0.39, 0.29) is 0 Å². The molecule has 0 spiro atoms. The summed E-state index contributed by atoms with van der Waals surface area (Å²) in [5, 5.41) is 0. The monoisotopic (exact) mass is 556 g/mol. The topological polar surface area (TPSA) is 0 Å². The average Bonchev–Trinajstić information content (AvgIpc) is 3.04. The summed E-state index contributed by atoms with van der Waals surface area (Å²) in [6, 6.07) is 43.3. The molecular weight excluding hydrogens is 504 g/mol. The average molecular weight is 557 g/mol. The smallest absolute Gasteiger partial charge is 0.0143 e. The van der Waals surface area contributed by atoms with Crippen LogP contribution in [0.15, 0.2) is 121 Å². The van der Waals surface area contributed by atoms with E-state index in [9.17, 15) is 0 Å². The quantitative estimate of drug-likeness (QED) is 0.195. The summed E-state index contributed by atoms with van der Waals surface area (Å²) in [6.07, 6.45) is 4.90. The van der Waals surface area contributed by atoms with Crippen LogP contribution in [-0.2, 0) is 6.42 Å². The van der Waals surface area contributed by atoms with Gasteiger partial charge in [0.25, 0.3) is 0 Å². The standard InChI is InChI=1S/C23H24.C13H12.C4H10.C2H6/c1-4-8-22-21(19-15-13-17(2)14-16-19)11-7-12-23(22)20-10-6-5-9-18(20)3;1-11-7-9-13(10-8-11)12-5-3-2-4-6-12;1-3-4-2;1-2/h5-7,9-16H,4,8H2,1-3H3;2-10H,1H3;3-4H2,1-2H3;1-2H3. The second-order valence-electron chi connectivity index (χ2n) is 10.5. The van der Waals surface area contributed by atoms with E-state index in [0.717, 1.165) is 12.8 Å².